The number of nitrogens with zero attached hydrogens (tertiary/aromatic N) is 3. The minimum atomic E-state index is -0.654. The third kappa shape index (κ3) is 3.48. The van der Waals surface area contributed by atoms with E-state index in [-0.39, 0.29) is 16.4 Å². The van der Waals surface area contributed by atoms with Crippen LogP contribution in [0.1, 0.15) is 38.2 Å². The minimum Gasteiger partial charge on any atom is -0.384 e. The summed E-state index contributed by atoms with van der Waals surface area (Å²) in [6, 6.07) is 21.5. The van der Waals surface area contributed by atoms with E-state index >= 15 is 0 Å². The molecule has 5 nitrogen and oxygen atoms in total. The Hall–Kier alpha value is -3.62. The number of anilines is 1. The van der Waals surface area contributed by atoms with E-state index in [1.807, 2.05) is 65.6 Å². The highest BCUT2D eigenvalue weighted by molar-refractivity contribution is 6.31. The fraction of sp³-hybridized carbons (Fsp3) is 0.222. The topological polar surface area (TPSA) is 83.0 Å². The normalized spacial score (nSPS) is 20.1. The molecule has 0 saturated heterocycles. The fourth-order valence-electron chi connectivity index (χ4n) is 5.00. The van der Waals surface area contributed by atoms with Gasteiger partial charge < -0.3 is 5.73 Å². The Bertz CT molecular complexity index is 1400. The summed E-state index contributed by atoms with van der Waals surface area (Å²) in [5.41, 5.74) is 10.4. The summed E-state index contributed by atoms with van der Waals surface area (Å²) in [5.74, 6) is -0.322. The number of hydrogen-bond donors (Lipinski definition) is 1. The standard InChI is InChI=1S/C27H23ClN4O/c1-27(2)13-21-24(22(33)14-27)23(18-12-16-8-6-7-11-20(16)31-25(18)28)19(15-29)26(30)32(21)17-9-4-3-5-10-17/h3-12,23H,13-14,30H2,1-2H3. The van der Waals surface area contributed by atoms with Crippen LogP contribution in [0.5, 0.6) is 0 Å². The number of para-hydroxylation sites is 2. The molecule has 1 atom stereocenters. The maximum atomic E-state index is 13.6. The zero-order chi connectivity index (χ0) is 23.3. The number of nitriles is 1. The molecule has 1 aromatic heterocycles. The summed E-state index contributed by atoms with van der Waals surface area (Å²) in [4.78, 5) is 20.1. The number of fused-ring (bicyclic) bond motifs is 1. The highest BCUT2D eigenvalue weighted by Crippen LogP contribution is 2.51. The molecule has 0 saturated carbocycles. The number of ketones is 1. The van der Waals surface area contributed by atoms with Crippen LogP contribution in [0.4, 0.5) is 5.69 Å². The van der Waals surface area contributed by atoms with Crippen LogP contribution in [0.25, 0.3) is 10.9 Å². The maximum Gasteiger partial charge on any atom is 0.162 e. The van der Waals surface area contributed by atoms with E-state index in [9.17, 15) is 10.1 Å². The van der Waals surface area contributed by atoms with Crippen molar-refractivity contribution in [2.24, 2.45) is 11.1 Å². The molecule has 5 rings (SSSR count). The largest absolute Gasteiger partial charge is 0.384 e. The van der Waals surface area contributed by atoms with Crippen molar-refractivity contribution in [1.82, 2.24) is 4.98 Å². The summed E-state index contributed by atoms with van der Waals surface area (Å²) < 4.78 is 0. The Morgan fingerprint density at radius 1 is 1.12 bits per heavy atom. The third-order valence-electron chi connectivity index (χ3n) is 6.41. The molecule has 6 heteroatoms. The van der Waals surface area contributed by atoms with Gasteiger partial charge >= 0.3 is 0 Å². The second-order valence-corrected chi connectivity index (χ2v) is 9.74. The lowest BCUT2D eigenvalue weighted by Gasteiger charge is -2.43. The van der Waals surface area contributed by atoms with E-state index < -0.39 is 5.92 Å². The number of allylic oxidation sites excluding steroid dienone is 3. The molecule has 2 N–H and O–H groups in total. The molecule has 0 amide bonds. The quantitative estimate of drug-likeness (QED) is 0.492. The number of pyridine rings is 1. The molecule has 1 aliphatic carbocycles. The molecular formula is C27H23ClN4O. The minimum absolute atomic E-state index is 0.0108. The Morgan fingerprint density at radius 2 is 1.82 bits per heavy atom. The lowest BCUT2D eigenvalue weighted by Crippen LogP contribution is -2.42. The summed E-state index contributed by atoms with van der Waals surface area (Å²) in [5, 5.41) is 11.4. The van der Waals surface area contributed by atoms with Gasteiger partial charge in [0.15, 0.2) is 5.78 Å². The second kappa shape index (κ2) is 7.75. The van der Waals surface area contributed by atoms with Gasteiger partial charge in [-0.25, -0.2) is 4.98 Å². The van der Waals surface area contributed by atoms with Crippen LogP contribution in [0.3, 0.4) is 0 Å². The third-order valence-corrected chi connectivity index (χ3v) is 6.71. The monoisotopic (exact) mass is 454 g/mol. The van der Waals surface area contributed by atoms with Crippen molar-refractivity contribution >= 4 is 34.0 Å². The van der Waals surface area contributed by atoms with Crippen molar-refractivity contribution in [2.45, 2.75) is 32.6 Å². The van der Waals surface area contributed by atoms with Crippen molar-refractivity contribution in [1.29, 1.82) is 5.26 Å². The number of benzene rings is 2. The van der Waals surface area contributed by atoms with Crippen molar-refractivity contribution in [3.8, 4) is 6.07 Å². The van der Waals surface area contributed by atoms with Crippen molar-refractivity contribution in [3.63, 3.8) is 0 Å². The van der Waals surface area contributed by atoms with Gasteiger partial charge in [-0.1, -0.05) is 61.8 Å². The number of carbonyl (C=O) groups is 1. The van der Waals surface area contributed by atoms with Gasteiger partial charge in [-0.3, -0.25) is 9.69 Å². The first kappa shape index (κ1) is 21.2. The molecule has 2 heterocycles. The molecule has 0 radical (unpaired) electrons. The van der Waals surface area contributed by atoms with Gasteiger partial charge in [0.25, 0.3) is 0 Å². The van der Waals surface area contributed by atoms with Crippen LogP contribution in [0, 0.1) is 16.7 Å². The SMILES string of the molecule is CC1(C)CC(=O)C2=C(C1)N(c1ccccc1)C(N)=C(C#N)C2c1cc2ccccc2nc1Cl. The number of hydrogen-bond acceptors (Lipinski definition) is 5. The van der Waals surface area contributed by atoms with Gasteiger partial charge in [0, 0.05) is 34.3 Å². The van der Waals surface area contributed by atoms with E-state index in [1.54, 1.807) is 0 Å². The van der Waals surface area contributed by atoms with Crippen molar-refractivity contribution in [2.75, 3.05) is 4.90 Å². The number of aromatic nitrogens is 1. The Labute approximate surface area is 197 Å². The first-order valence-corrected chi connectivity index (χ1v) is 11.2. The first-order chi connectivity index (χ1) is 15.8. The van der Waals surface area contributed by atoms with Gasteiger partial charge in [-0.2, -0.15) is 5.26 Å². The van der Waals surface area contributed by atoms with Gasteiger partial charge in [0.2, 0.25) is 0 Å². The smallest absolute Gasteiger partial charge is 0.162 e. The van der Waals surface area contributed by atoms with Crippen molar-refractivity contribution < 1.29 is 4.79 Å². The predicted octanol–water partition coefficient (Wildman–Crippen LogP) is 5.83. The van der Waals surface area contributed by atoms with Crippen LogP contribution >= 0.6 is 11.6 Å². The molecule has 0 fully saturated rings. The highest BCUT2D eigenvalue weighted by Gasteiger charge is 2.45. The molecule has 2 aromatic carbocycles. The van der Waals surface area contributed by atoms with Crippen LogP contribution in [0.2, 0.25) is 5.15 Å². The van der Waals surface area contributed by atoms with Gasteiger partial charge in [-0.05, 0) is 36.1 Å². The lowest BCUT2D eigenvalue weighted by atomic mass is 9.68. The molecule has 1 aliphatic heterocycles. The van der Waals surface area contributed by atoms with Gasteiger partial charge in [0.1, 0.15) is 11.0 Å². The average molecular weight is 455 g/mol. The molecule has 0 bridgehead atoms. The summed E-state index contributed by atoms with van der Waals surface area (Å²) in [6.07, 6.45) is 1.04. The number of Topliss-reactive ketones (excluding diaryl/α,β-unsaturated/α-hetero) is 1. The predicted molar refractivity (Wildman–Crippen MR) is 130 cm³/mol. The molecule has 33 heavy (non-hydrogen) atoms. The average Bonchev–Trinajstić information content (AvgIpc) is 2.77. The zero-order valence-electron chi connectivity index (χ0n) is 18.5. The molecule has 1 unspecified atom stereocenters. The Morgan fingerprint density at radius 3 is 2.55 bits per heavy atom. The van der Waals surface area contributed by atoms with Crippen LogP contribution in [-0.4, -0.2) is 10.8 Å². The van der Waals surface area contributed by atoms with E-state index in [0.717, 1.165) is 22.3 Å². The number of halogens is 1. The number of nitrogens with two attached hydrogens (primary N) is 1. The number of rotatable bonds is 2. The molecule has 2 aliphatic rings. The second-order valence-electron chi connectivity index (χ2n) is 9.38. The Kier molecular flexibility index (Phi) is 4.99. The van der Waals surface area contributed by atoms with Crippen LogP contribution < -0.4 is 10.6 Å². The van der Waals surface area contributed by atoms with Crippen LogP contribution in [-0.2, 0) is 4.79 Å². The summed E-state index contributed by atoms with van der Waals surface area (Å²) in [7, 11) is 0. The van der Waals surface area contributed by atoms with Crippen molar-refractivity contribution in [3.05, 3.63) is 94.0 Å². The summed E-state index contributed by atoms with van der Waals surface area (Å²) >= 11 is 6.66. The van der Waals surface area contributed by atoms with E-state index in [4.69, 9.17) is 17.3 Å². The highest BCUT2D eigenvalue weighted by atomic mass is 35.5. The number of carbonyl (C=O) groups excluding carboxylic acids is 1. The molecule has 164 valence electrons. The van der Waals surface area contributed by atoms with E-state index in [1.165, 1.54) is 0 Å². The van der Waals surface area contributed by atoms with Gasteiger partial charge in [0.05, 0.1) is 23.1 Å². The molecule has 3 aromatic rings. The fourth-order valence-corrected chi connectivity index (χ4v) is 5.26. The Balaban J connectivity index is 1.81. The first-order valence-electron chi connectivity index (χ1n) is 10.9. The molecular weight excluding hydrogens is 432 g/mol. The van der Waals surface area contributed by atoms with E-state index in [0.29, 0.717) is 35.4 Å². The van der Waals surface area contributed by atoms with Gasteiger partial charge in [-0.15, -0.1) is 0 Å². The van der Waals surface area contributed by atoms with Crippen LogP contribution in [0.15, 0.2) is 83.3 Å². The summed E-state index contributed by atoms with van der Waals surface area (Å²) in [6.45, 7) is 4.16. The van der Waals surface area contributed by atoms with E-state index in [2.05, 4.69) is 24.9 Å². The molecule has 0 spiro atoms. The maximum absolute atomic E-state index is 13.6. The zero-order valence-corrected chi connectivity index (χ0v) is 19.2. The lowest BCUT2D eigenvalue weighted by molar-refractivity contribution is -0.118.